The quantitative estimate of drug-likeness (QED) is 0.788. The molecule has 1 aliphatic carbocycles. The molecule has 2 amide bonds. The van der Waals surface area contributed by atoms with E-state index in [1.807, 2.05) is 4.90 Å². The lowest BCUT2D eigenvalue weighted by molar-refractivity contribution is 0.167. The molecule has 2 fully saturated rings. The molecule has 0 bridgehead atoms. The molecule has 2 rings (SSSR count). The molecule has 3 nitrogen and oxygen atoms in total. The van der Waals surface area contributed by atoms with Gasteiger partial charge in [-0.05, 0) is 37.0 Å². The lowest BCUT2D eigenvalue weighted by Gasteiger charge is -2.31. The molecule has 0 radical (unpaired) electrons. The van der Waals surface area contributed by atoms with Gasteiger partial charge in [0.05, 0.1) is 0 Å². The Morgan fingerprint density at radius 2 is 2.06 bits per heavy atom. The minimum atomic E-state index is 0.163. The van der Waals surface area contributed by atoms with Crippen molar-refractivity contribution in [3.63, 3.8) is 0 Å². The van der Waals surface area contributed by atoms with Crippen LogP contribution in [0.5, 0.6) is 0 Å². The molecule has 0 aromatic heterocycles. The average molecular weight is 238 g/mol. The number of carbonyl (C=O) groups is 1. The largest absolute Gasteiger partial charge is 0.338 e. The number of piperidine rings is 1. The summed E-state index contributed by atoms with van der Waals surface area (Å²) in [6.45, 7) is 7.30. The number of hydrogen-bond acceptors (Lipinski definition) is 1. The molecule has 0 aromatic carbocycles. The lowest BCUT2D eigenvalue weighted by Crippen LogP contribution is -2.46. The van der Waals surface area contributed by atoms with Crippen LogP contribution in [0.15, 0.2) is 0 Å². The van der Waals surface area contributed by atoms with Gasteiger partial charge >= 0.3 is 6.03 Å². The Morgan fingerprint density at radius 1 is 1.24 bits per heavy atom. The maximum absolute atomic E-state index is 12.0. The van der Waals surface area contributed by atoms with Crippen LogP contribution in [-0.4, -0.2) is 30.6 Å². The van der Waals surface area contributed by atoms with Gasteiger partial charge in [0.2, 0.25) is 0 Å². The van der Waals surface area contributed by atoms with E-state index in [2.05, 4.69) is 19.2 Å². The van der Waals surface area contributed by atoms with Gasteiger partial charge in [0.25, 0.3) is 0 Å². The van der Waals surface area contributed by atoms with Gasteiger partial charge in [0, 0.05) is 19.6 Å². The first kappa shape index (κ1) is 12.7. The molecule has 0 spiro atoms. The van der Waals surface area contributed by atoms with E-state index in [4.69, 9.17) is 0 Å². The summed E-state index contributed by atoms with van der Waals surface area (Å²) in [4.78, 5) is 14.0. The van der Waals surface area contributed by atoms with E-state index in [0.717, 1.165) is 32.0 Å². The van der Waals surface area contributed by atoms with Crippen LogP contribution in [0, 0.1) is 17.8 Å². The highest BCUT2D eigenvalue weighted by Crippen LogP contribution is 2.30. The van der Waals surface area contributed by atoms with Crippen molar-refractivity contribution in [1.29, 1.82) is 0 Å². The summed E-state index contributed by atoms with van der Waals surface area (Å²) in [5, 5.41) is 3.13. The number of nitrogens with zero attached hydrogens (tertiary/aromatic N) is 1. The van der Waals surface area contributed by atoms with Gasteiger partial charge < -0.3 is 10.2 Å². The number of urea groups is 1. The van der Waals surface area contributed by atoms with Crippen molar-refractivity contribution in [1.82, 2.24) is 10.2 Å². The fourth-order valence-electron chi connectivity index (χ4n) is 3.23. The van der Waals surface area contributed by atoms with Crippen LogP contribution in [0.1, 0.15) is 46.0 Å². The molecule has 98 valence electrons. The highest BCUT2D eigenvalue weighted by atomic mass is 16.2. The van der Waals surface area contributed by atoms with Crippen LogP contribution in [0.2, 0.25) is 0 Å². The van der Waals surface area contributed by atoms with E-state index in [1.54, 1.807) is 0 Å². The third-order valence-electron chi connectivity index (χ3n) is 4.50. The third kappa shape index (κ3) is 3.36. The average Bonchev–Trinajstić information content (AvgIpc) is 2.72. The molecule has 3 atom stereocenters. The summed E-state index contributed by atoms with van der Waals surface area (Å²) >= 11 is 0. The van der Waals surface area contributed by atoms with Crippen LogP contribution in [-0.2, 0) is 0 Å². The van der Waals surface area contributed by atoms with Crippen molar-refractivity contribution in [3.05, 3.63) is 0 Å². The second kappa shape index (κ2) is 5.74. The summed E-state index contributed by atoms with van der Waals surface area (Å²) < 4.78 is 0. The predicted octanol–water partition coefficient (Wildman–Crippen LogP) is 2.86. The van der Waals surface area contributed by atoms with E-state index < -0.39 is 0 Å². The number of amides is 2. The van der Waals surface area contributed by atoms with Crippen molar-refractivity contribution in [2.45, 2.75) is 46.0 Å². The number of rotatable bonds is 2. The summed E-state index contributed by atoms with van der Waals surface area (Å²) in [5.74, 6) is 2.16. The van der Waals surface area contributed by atoms with E-state index in [1.165, 1.54) is 25.7 Å². The van der Waals surface area contributed by atoms with Crippen LogP contribution in [0.3, 0.4) is 0 Å². The summed E-state index contributed by atoms with van der Waals surface area (Å²) in [6.07, 6.45) is 6.39. The molecule has 0 aromatic rings. The molecule has 17 heavy (non-hydrogen) atoms. The first-order valence-electron chi connectivity index (χ1n) is 7.19. The normalized spacial score (nSPS) is 33.8. The van der Waals surface area contributed by atoms with Crippen molar-refractivity contribution in [3.8, 4) is 0 Å². The van der Waals surface area contributed by atoms with E-state index in [9.17, 15) is 4.79 Å². The summed E-state index contributed by atoms with van der Waals surface area (Å²) in [6, 6.07) is 0.163. The van der Waals surface area contributed by atoms with Gasteiger partial charge in [-0.3, -0.25) is 0 Å². The molecular weight excluding hydrogens is 212 g/mol. The van der Waals surface area contributed by atoms with Gasteiger partial charge in [-0.15, -0.1) is 0 Å². The molecule has 1 aliphatic heterocycles. The third-order valence-corrected chi connectivity index (χ3v) is 4.50. The number of hydrogen-bond donors (Lipinski definition) is 1. The van der Waals surface area contributed by atoms with Crippen molar-refractivity contribution in [2.24, 2.45) is 17.8 Å². The van der Waals surface area contributed by atoms with E-state index in [0.29, 0.717) is 11.8 Å². The van der Waals surface area contributed by atoms with Gasteiger partial charge in [-0.25, -0.2) is 4.79 Å². The fourth-order valence-corrected chi connectivity index (χ4v) is 3.23. The molecule has 3 heteroatoms. The lowest BCUT2D eigenvalue weighted by atomic mass is 9.98. The SMILES string of the molecule is CC1CCCN(C(=O)NCC2CCCC2C)C1. The number of likely N-dealkylation sites (tertiary alicyclic amines) is 1. The molecular formula is C14H26N2O. The summed E-state index contributed by atoms with van der Waals surface area (Å²) in [7, 11) is 0. The molecule has 1 saturated carbocycles. The van der Waals surface area contributed by atoms with Gasteiger partial charge in [-0.1, -0.05) is 26.7 Å². The Hall–Kier alpha value is -0.730. The minimum Gasteiger partial charge on any atom is -0.338 e. The van der Waals surface area contributed by atoms with Crippen LogP contribution < -0.4 is 5.32 Å². The van der Waals surface area contributed by atoms with Crippen LogP contribution >= 0.6 is 0 Å². The topological polar surface area (TPSA) is 32.3 Å². The fraction of sp³-hybridized carbons (Fsp3) is 0.929. The molecule has 2 aliphatic rings. The first-order valence-corrected chi connectivity index (χ1v) is 7.19. The monoisotopic (exact) mass is 238 g/mol. The van der Waals surface area contributed by atoms with Gasteiger partial charge in [-0.2, -0.15) is 0 Å². The van der Waals surface area contributed by atoms with Crippen molar-refractivity contribution in [2.75, 3.05) is 19.6 Å². The molecule has 1 heterocycles. The Morgan fingerprint density at radius 3 is 2.71 bits per heavy atom. The molecule has 1 N–H and O–H groups in total. The van der Waals surface area contributed by atoms with Crippen LogP contribution in [0.4, 0.5) is 4.79 Å². The number of nitrogens with one attached hydrogen (secondary N) is 1. The second-order valence-corrected chi connectivity index (χ2v) is 6.05. The Balaban J connectivity index is 1.73. The molecule has 1 saturated heterocycles. The Labute approximate surface area is 105 Å². The summed E-state index contributed by atoms with van der Waals surface area (Å²) in [5.41, 5.74) is 0. The zero-order valence-corrected chi connectivity index (χ0v) is 11.2. The predicted molar refractivity (Wildman–Crippen MR) is 69.9 cm³/mol. The second-order valence-electron chi connectivity index (χ2n) is 6.05. The first-order chi connectivity index (χ1) is 8.16. The maximum Gasteiger partial charge on any atom is 0.317 e. The van der Waals surface area contributed by atoms with Crippen molar-refractivity contribution < 1.29 is 4.79 Å². The van der Waals surface area contributed by atoms with Crippen LogP contribution in [0.25, 0.3) is 0 Å². The standard InChI is InChI=1S/C14H26N2O/c1-11-5-4-8-16(10-11)14(17)15-9-13-7-3-6-12(13)2/h11-13H,3-10H2,1-2H3,(H,15,17). The number of carbonyl (C=O) groups excluding carboxylic acids is 1. The highest BCUT2D eigenvalue weighted by Gasteiger charge is 2.25. The Bertz CT molecular complexity index is 267. The smallest absolute Gasteiger partial charge is 0.317 e. The Kier molecular flexibility index (Phi) is 4.30. The zero-order valence-electron chi connectivity index (χ0n) is 11.2. The molecule has 3 unspecified atom stereocenters. The van der Waals surface area contributed by atoms with Gasteiger partial charge in [0.15, 0.2) is 0 Å². The van der Waals surface area contributed by atoms with E-state index >= 15 is 0 Å². The highest BCUT2D eigenvalue weighted by molar-refractivity contribution is 5.74. The van der Waals surface area contributed by atoms with Crippen molar-refractivity contribution >= 4 is 6.03 Å². The van der Waals surface area contributed by atoms with Gasteiger partial charge in [0.1, 0.15) is 0 Å². The zero-order chi connectivity index (χ0) is 12.3. The minimum absolute atomic E-state index is 0.163. The maximum atomic E-state index is 12.0. The van der Waals surface area contributed by atoms with E-state index in [-0.39, 0.29) is 6.03 Å².